The summed E-state index contributed by atoms with van der Waals surface area (Å²) in [4.78, 5) is 0. The van der Waals surface area contributed by atoms with Gasteiger partial charge in [-0.3, -0.25) is 0 Å². The number of benzene rings is 1. The highest BCUT2D eigenvalue weighted by atomic mass is 35.5. The topological polar surface area (TPSA) is 41.5 Å². The summed E-state index contributed by atoms with van der Waals surface area (Å²) < 4.78 is 5.34. The van der Waals surface area contributed by atoms with Crippen LogP contribution in [0.5, 0.6) is 5.75 Å². The number of aromatic hydroxyl groups is 1. The fourth-order valence-corrected chi connectivity index (χ4v) is 1.71. The fourth-order valence-electron chi connectivity index (χ4n) is 1.52. The maximum atomic E-state index is 9.26. The van der Waals surface area contributed by atoms with Crippen LogP contribution in [-0.4, -0.2) is 24.9 Å². The van der Waals surface area contributed by atoms with Gasteiger partial charge in [-0.05, 0) is 17.7 Å². The van der Waals surface area contributed by atoms with Crippen molar-refractivity contribution in [3.63, 3.8) is 0 Å². The molecule has 2 N–H and O–H groups in total. The molecule has 1 aliphatic rings. The van der Waals surface area contributed by atoms with Crippen molar-refractivity contribution >= 4 is 24.0 Å². The Labute approximate surface area is 99.8 Å². The number of nitrogens with one attached hydrogen (secondary N) is 1. The Morgan fingerprint density at radius 1 is 1.47 bits per heavy atom. The molecule has 0 aromatic heterocycles. The molecule has 3 nitrogen and oxygen atoms in total. The maximum Gasteiger partial charge on any atom is 0.134 e. The average Bonchev–Trinajstić information content (AvgIpc) is 2.23. The molecule has 1 saturated heterocycles. The molecule has 1 fully saturated rings. The van der Waals surface area contributed by atoms with Crippen LogP contribution in [0.15, 0.2) is 18.2 Å². The van der Waals surface area contributed by atoms with Crippen LogP contribution in [0.1, 0.15) is 11.6 Å². The Bertz CT molecular complexity index is 327. The third-order valence-corrected chi connectivity index (χ3v) is 2.60. The Morgan fingerprint density at radius 3 is 2.87 bits per heavy atom. The zero-order valence-corrected chi connectivity index (χ0v) is 9.64. The van der Waals surface area contributed by atoms with Crippen molar-refractivity contribution in [1.82, 2.24) is 5.32 Å². The average molecular weight is 250 g/mol. The van der Waals surface area contributed by atoms with E-state index in [2.05, 4.69) is 5.32 Å². The molecule has 84 valence electrons. The van der Waals surface area contributed by atoms with E-state index < -0.39 is 0 Å². The number of phenols is 1. The highest BCUT2D eigenvalue weighted by Crippen LogP contribution is 2.27. The molecule has 0 spiro atoms. The largest absolute Gasteiger partial charge is 0.506 e. The van der Waals surface area contributed by atoms with Crippen LogP contribution in [0.2, 0.25) is 5.02 Å². The van der Waals surface area contributed by atoms with Gasteiger partial charge in [-0.25, -0.2) is 0 Å². The van der Waals surface area contributed by atoms with Crippen LogP contribution in [0.25, 0.3) is 0 Å². The summed E-state index contributed by atoms with van der Waals surface area (Å²) in [6.07, 6.45) is 0. The van der Waals surface area contributed by atoms with Crippen LogP contribution in [0, 0.1) is 0 Å². The number of morpholine rings is 1. The summed E-state index contributed by atoms with van der Waals surface area (Å²) in [7, 11) is 0. The van der Waals surface area contributed by atoms with Crippen LogP contribution >= 0.6 is 24.0 Å². The van der Waals surface area contributed by atoms with Gasteiger partial charge in [0.1, 0.15) is 5.75 Å². The molecular formula is C10H13Cl2NO2. The van der Waals surface area contributed by atoms with Crippen molar-refractivity contribution in [1.29, 1.82) is 0 Å². The van der Waals surface area contributed by atoms with Gasteiger partial charge in [0.05, 0.1) is 24.3 Å². The Kier molecular flexibility index (Phi) is 4.67. The number of phenolic OH excluding ortho intramolecular Hbond substituents is 1. The van der Waals surface area contributed by atoms with Crippen molar-refractivity contribution in [2.24, 2.45) is 0 Å². The summed E-state index contributed by atoms with van der Waals surface area (Å²) in [6.45, 7) is 2.26. The lowest BCUT2D eigenvalue weighted by molar-refractivity contribution is 0.0769. The van der Waals surface area contributed by atoms with Crippen molar-refractivity contribution in [2.45, 2.75) is 6.04 Å². The molecular weight excluding hydrogens is 237 g/mol. The lowest BCUT2D eigenvalue weighted by Crippen LogP contribution is -2.34. The fraction of sp³-hybridized carbons (Fsp3) is 0.400. The standard InChI is InChI=1S/C10H12ClNO2.ClH/c11-8-5-7(1-2-10(8)13)9-6-14-4-3-12-9;/h1-2,5,9,12-13H,3-4,6H2;1H/t9-;/m1./s1. The van der Waals surface area contributed by atoms with E-state index in [0.29, 0.717) is 11.6 Å². The van der Waals surface area contributed by atoms with Gasteiger partial charge in [0, 0.05) is 6.54 Å². The molecule has 1 aromatic rings. The first-order chi connectivity index (χ1) is 6.77. The lowest BCUT2D eigenvalue weighted by atomic mass is 10.1. The highest BCUT2D eigenvalue weighted by molar-refractivity contribution is 6.32. The Balaban J connectivity index is 0.00000112. The minimum atomic E-state index is 0. The number of hydrogen-bond donors (Lipinski definition) is 2. The van der Waals surface area contributed by atoms with Crippen molar-refractivity contribution < 1.29 is 9.84 Å². The van der Waals surface area contributed by atoms with Gasteiger partial charge in [0.25, 0.3) is 0 Å². The SMILES string of the molecule is Cl.Oc1ccc([C@H]2COCCN2)cc1Cl. The molecule has 2 rings (SSSR count). The van der Waals surface area contributed by atoms with Crippen LogP contribution in [0.3, 0.4) is 0 Å². The minimum absolute atomic E-state index is 0. The van der Waals surface area contributed by atoms with Gasteiger partial charge in [-0.15, -0.1) is 12.4 Å². The van der Waals surface area contributed by atoms with Crippen LogP contribution < -0.4 is 5.32 Å². The normalized spacial score (nSPS) is 20.7. The first kappa shape index (κ1) is 12.6. The smallest absolute Gasteiger partial charge is 0.134 e. The zero-order chi connectivity index (χ0) is 9.97. The number of rotatable bonds is 1. The van der Waals surface area contributed by atoms with Gasteiger partial charge in [0.2, 0.25) is 0 Å². The number of halogens is 2. The molecule has 0 saturated carbocycles. The Morgan fingerprint density at radius 2 is 2.27 bits per heavy atom. The second-order valence-electron chi connectivity index (χ2n) is 3.29. The summed E-state index contributed by atoms with van der Waals surface area (Å²) in [5.41, 5.74) is 1.05. The summed E-state index contributed by atoms with van der Waals surface area (Å²) >= 11 is 5.81. The molecule has 1 atom stereocenters. The van der Waals surface area contributed by atoms with Gasteiger partial charge in [0.15, 0.2) is 0 Å². The molecule has 0 aliphatic carbocycles. The molecule has 1 aromatic carbocycles. The zero-order valence-electron chi connectivity index (χ0n) is 8.07. The molecule has 5 heteroatoms. The van der Waals surface area contributed by atoms with Crippen molar-refractivity contribution in [2.75, 3.05) is 19.8 Å². The predicted octanol–water partition coefficient (Wildman–Crippen LogP) is 2.13. The van der Waals surface area contributed by atoms with Crippen molar-refractivity contribution in [3.8, 4) is 5.75 Å². The quantitative estimate of drug-likeness (QED) is 0.802. The summed E-state index contributed by atoms with van der Waals surface area (Å²) in [5, 5.41) is 13.0. The molecule has 15 heavy (non-hydrogen) atoms. The minimum Gasteiger partial charge on any atom is -0.506 e. The third-order valence-electron chi connectivity index (χ3n) is 2.30. The second kappa shape index (κ2) is 5.56. The molecule has 1 aliphatic heterocycles. The first-order valence-electron chi connectivity index (χ1n) is 4.57. The molecule has 0 amide bonds. The number of hydrogen-bond acceptors (Lipinski definition) is 3. The van der Waals surface area contributed by atoms with E-state index in [9.17, 15) is 5.11 Å². The molecule has 1 heterocycles. The van der Waals surface area contributed by atoms with Gasteiger partial charge < -0.3 is 15.2 Å². The third kappa shape index (κ3) is 2.98. The lowest BCUT2D eigenvalue weighted by Gasteiger charge is -2.24. The maximum absolute atomic E-state index is 9.26. The van der Waals surface area contributed by atoms with Gasteiger partial charge >= 0.3 is 0 Å². The van der Waals surface area contributed by atoms with Gasteiger partial charge in [-0.2, -0.15) is 0 Å². The summed E-state index contributed by atoms with van der Waals surface area (Å²) in [5.74, 6) is 0.118. The molecule has 0 radical (unpaired) electrons. The number of ether oxygens (including phenoxy) is 1. The van der Waals surface area contributed by atoms with Crippen LogP contribution in [-0.2, 0) is 4.74 Å². The van der Waals surface area contributed by atoms with E-state index in [1.807, 2.05) is 6.07 Å². The first-order valence-corrected chi connectivity index (χ1v) is 4.95. The second-order valence-corrected chi connectivity index (χ2v) is 3.70. The van der Waals surface area contributed by atoms with E-state index in [-0.39, 0.29) is 24.2 Å². The van der Waals surface area contributed by atoms with E-state index in [1.165, 1.54) is 0 Å². The van der Waals surface area contributed by atoms with Crippen molar-refractivity contribution in [3.05, 3.63) is 28.8 Å². The highest BCUT2D eigenvalue weighted by Gasteiger charge is 2.15. The molecule has 0 bridgehead atoms. The van der Waals surface area contributed by atoms with E-state index in [0.717, 1.165) is 18.7 Å². The molecule has 0 unspecified atom stereocenters. The van der Waals surface area contributed by atoms with E-state index in [1.54, 1.807) is 12.1 Å². The van der Waals surface area contributed by atoms with E-state index >= 15 is 0 Å². The predicted molar refractivity (Wildman–Crippen MR) is 61.9 cm³/mol. The van der Waals surface area contributed by atoms with Crippen LogP contribution in [0.4, 0.5) is 0 Å². The van der Waals surface area contributed by atoms with E-state index in [4.69, 9.17) is 16.3 Å². The Hall–Kier alpha value is -0.480. The monoisotopic (exact) mass is 249 g/mol. The van der Waals surface area contributed by atoms with Gasteiger partial charge in [-0.1, -0.05) is 17.7 Å². The summed E-state index contributed by atoms with van der Waals surface area (Å²) in [6, 6.07) is 5.41.